The molecule has 0 atom stereocenters. The van der Waals surface area contributed by atoms with Gasteiger partial charge < -0.3 is 11.1 Å². The number of nitrogen functional groups attached to an aromatic ring is 1. The molecule has 0 aromatic heterocycles. The molecule has 7 heteroatoms. The van der Waals surface area contributed by atoms with Crippen LogP contribution in [0, 0.1) is 6.92 Å². The molecule has 0 spiro atoms. The van der Waals surface area contributed by atoms with Crippen LogP contribution in [0.15, 0.2) is 18.2 Å². The van der Waals surface area contributed by atoms with E-state index in [2.05, 4.69) is 5.32 Å². The number of imide groups is 1. The van der Waals surface area contributed by atoms with E-state index in [4.69, 9.17) is 5.73 Å². The van der Waals surface area contributed by atoms with Gasteiger partial charge in [-0.25, -0.2) is 0 Å². The van der Waals surface area contributed by atoms with Crippen molar-refractivity contribution in [3.8, 4) is 0 Å². The minimum atomic E-state index is -0.279. The molecule has 0 saturated carbocycles. The van der Waals surface area contributed by atoms with Crippen molar-refractivity contribution in [1.82, 2.24) is 4.90 Å². The molecule has 0 bridgehead atoms. The van der Waals surface area contributed by atoms with Gasteiger partial charge in [0.25, 0.3) is 5.24 Å². The largest absolute Gasteiger partial charge is 0.398 e. The lowest BCUT2D eigenvalue weighted by molar-refractivity contribution is -0.128. The van der Waals surface area contributed by atoms with Crippen molar-refractivity contribution in [2.24, 2.45) is 0 Å². The fourth-order valence-corrected chi connectivity index (χ4v) is 2.77. The molecule has 1 fully saturated rings. The Balaban J connectivity index is 1.91. The summed E-state index contributed by atoms with van der Waals surface area (Å²) in [5, 5.41) is 2.47. The summed E-state index contributed by atoms with van der Waals surface area (Å²) in [7, 11) is 0. The summed E-state index contributed by atoms with van der Waals surface area (Å²) in [6.45, 7) is 1.93. The highest BCUT2D eigenvalue weighted by molar-refractivity contribution is 8.13. The van der Waals surface area contributed by atoms with Crippen LogP contribution in [0.3, 0.4) is 0 Å². The van der Waals surface area contributed by atoms with Crippen molar-refractivity contribution in [2.45, 2.75) is 19.8 Å². The normalized spacial score (nSPS) is 15.2. The van der Waals surface area contributed by atoms with E-state index in [1.165, 1.54) is 0 Å². The second-order valence-corrected chi connectivity index (χ2v) is 5.77. The van der Waals surface area contributed by atoms with Crippen LogP contribution in [0.1, 0.15) is 18.4 Å². The van der Waals surface area contributed by atoms with Crippen LogP contribution < -0.4 is 11.1 Å². The van der Waals surface area contributed by atoms with Crippen LogP contribution >= 0.6 is 11.8 Å². The topological polar surface area (TPSA) is 92.5 Å². The van der Waals surface area contributed by atoms with E-state index in [0.717, 1.165) is 22.2 Å². The molecule has 1 aliphatic rings. The maximum absolute atomic E-state index is 11.9. The van der Waals surface area contributed by atoms with Gasteiger partial charge in [-0.3, -0.25) is 19.3 Å². The first-order valence-electron chi connectivity index (χ1n) is 6.61. The average molecular weight is 307 g/mol. The van der Waals surface area contributed by atoms with Crippen molar-refractivity contribution in [2.75, 3.05) is 23.3 Å². The minimum Gasteiger partial charge on any atom is -0.398 e. The van der Waals surface area contributed by atoms with E-state index in [1.54, 1.807) is 18.2 Å². The van der Waals surface area contributed by atoms with Gasteiger partial charge in [-0.15, -0.1) is 0 Å². The predicted molar refractivity (Wildman–Crippen MR) is 83.0 cm³/mol. The standard InChI is InChI=1S/C14H17N3O3S/c1-9-10(15)3-2-4-11(9)16-12(18)5-7-17-13(19)6-8-21-14(17)20/h2-4H,5-8,15H2,1H3,(H,16,18). The maximum atomic E-state index is 11.9. The van der Waals surface area contributed by atoms with Gasteiger partial charge in [-0.05, 0) is 24.6 Å². The summed E-state index contributed by atoms with van der Waals surface area (Å²) < 4.78 is 0. The maximum Gasteiger partial charge on any atom is 0.288 e. The molecule has 0 radical (unpaired) electrons. The van der Waals surface area contributed by atoms with E-state index in [0.29, 0.717) is 23.5 Å². The van der Waals surface area contributed by atoms with Crippen LogP contribution in [-0.2, 0) is 9.59 Å². The first-order chi connectivity index (χ1) is 9.99. The first kappa shape index (κ1) is 15.4. The fourth-order valence-electron chi connectivity index (χ4n) is 1.97. The van der Waals surface area contributed by atoms with Crippen molar-refractivity contribution in [3.05, 3.63) is 23.8 Å². The molecular formula is C14H17N3O3S. The third-order valence-corrected chi connectivity index (χ3v) is 4.15. The van der Waals surface area contributed by atoms with Crippen LogP contribution in [0.25, 0.3) is 0 Å². The van der Waals surface area contributed by atoms with Crippen LogP contribution in [0.5, 0.6) is 0 Å². The van der Waals surface area contributed by atoms with E-state index in [1.807, 2.05) is 6.92 Å². The van der Waals surface area contributed by atoms with E-state index in [-0.39, 0.29) is 30.0 Å². The summed E-state index contributed by atoms with van der Waals surface area (Å²) in [5.41, 5.74) is 7.82. The lowest BCUT2D eigenvalue weighted by atomic mass is 10.1. The number of carbonyl (C=O) groups is 3. The minimum absolute atomic E-state index is 0.0757. The lowest BCUT2D eigenvalue weighted by Gasteiger charge is -2.23. The number of benzene rings is 1. The Morgan fingerprint density at radius 2 is 2.19 bits per heavy atom. The second-order valence-electron chi connectivity index (χ2n) is 4.73. The molecule has 0 unspecified atom stereocenters. The number of anilines is 2. The van der Waals surface area contributed by atoms with Crippen molar-refractivity contribution in [1.29, 1.82) is 0 Å². The van der Waals surface area contributed by atoms with E-state index < -0.39 is 0 Å². The Morgan fingerprint density at radius 3 is 2.90 bits per heavy atom. The quantitative estimate of drug-likeness (QED) is 0.830. The van der Waals surface area contributed by atoms with Crippen molar-refractivity contribution in [3.63, 3.8) is 0 Å². The third-order valence-electron chi connectivity index (χ3n) is 3.28. The molecule has 0 aliphatic carbocycles. The van der Waals surface area contributed by atoms with Crippen LogP contribution in [0.4, 0.5) is 16.2 Å². The SMILES string of the molecule is Cc1c(N)cccc1NC(=O)CCN1C(=O)CCSC1=O. The van der Waals surface area contributed by atoms with E-state index >= 15 is 0 Å². The Hall–Kier alpha value is -2.02. The molecule has 112 valence electrons. The number of nitrogens with two attached hydrogens (primary N) is 1. The van der Waals surface area contributed by atoms with E-state index in [9.17, 15) is 14.4 Å². The monoisotopic (exact) mass is 307 g/mol. The highest BCUT2D eigenvalue weighted by Gasteiger charge is 2.26. The van der Waals surface area contributed by atoms with Gasteiger partial charge in [0.2, 0.25) is 11.8 Å². The van der Waals surface area contributed by atoms with Gasteiger partial charge in [0.15, 0.2) is 0 Å². The summed E-state index contributed by atoms with van der Waals surface area (Å²) in [6, 6.07) is 5.27. The summed E-state index contributed by atoms with van der Waals surface area (Å²) in [4.78, 5) is 36.3. The number of hydrogen-bond donors (Lipinski definition) is 2. The van der Waals surface area contributed by atoms with Crippen LogP contribution in [-0.4, -0.2) is 34.3 Å². The zero-order chi connectivity index (χ0) is 15.4. The lowest BCUT2D eigenvalue weighted by Crippen LogP contribution is -2.39. The Labute approximate surface area is 127 Å². The van der Waals surface area contributed by atoms with Gasteiger partial charge in [0.05, 0.1) is 0 Å². The number of nitrogens with one attached hydrogen (secondary N) is 1. The summed E-state index contributed by atoms with van der Waals surface area (Å²) in [6.07, 6.45) is 0.415. The zero-order valence-corrected chi connectivity index (χ0v) is 12.5. The smallest absolute Gasteiger partial charge is 0.288 e. The number of rotatable bonds is 4. The van der Waals surface area contributed by atoms with Gasteiger partial charge in [0.1, 0.15) is 0 Å². The Bertz CT molecular complexity index is 573. The molecule has 1 heterocycles. The Kier molecular flexibility index (Phi) is 4.85. The molecule has 2 rings (SSSR count). The third kappa shape index (κ3) is 3.75. The molecular weight excluding hydrogens is 290 g/mol. The molecule has 1 aromatic carbocycles. The molecule has 6 nitrogen and oxygen atoms in total. The number of hydrogen-bond acceptors (Lipinski definition) is 5. The molecule has 3 amide bonds. The molecule has 1 aliphatic heterocycles. The molecule has 3 N–H and O–H groups in total. The molecule has 1 aromatic rings. The Morgan fingerprint density at radius 1 is 1.43 bits per heavy atom. The highest BCUT2D eigenvalue weighted by atomic mass is 32.2. The number of carbonyl (C=O) groups excluding carboxylic acids is 3. The van der Waals surface area contributed by atoms with Gasteiger partial charge in [0, 0.05) is 36.5 Å². The van der Waals surface area contributed by atoms with Crippen molar-refractivity contribution < 1.29 is 14.4 Å². The second kappa shape index (κ2) is 6.62. The summed E-state index contributed by atoms with van der Waals surface area (Å²) >= 11 is 1.11. The fraction of sp³-hybridized carbons (Fsp3) is 0.357. The molecule has 21 heavy (non-hydrogen) atoms. The zero-order valence-electron chi connectivity index (χ0n) is 11.7. The first-order valence-corrected chi connectivity index (χ1v) is 7.59. The van der Waals surface area contributed by atoms with Crippen LogP contribution in [0.2, 0.25) is 0 Å². The predicted octanol–water partition coefficient (Wildman–Crippen LogP) is 1.99. The molecule has 1 saturated heterocycles. The number of thioether (sulfide) groups is 1. The van der Waals surface area contributed by atoms with Gasteiger partial charge in [-0.2, -0.15) is 0 Å². The number of nitrogens with zero attached hydrogens (tertiary/aromatic N) is 1. The number of amides is 3. The van der Waals surface area contributed by atoms with Gasteiger partial charge >= 0.3 is 0 Å². The van der Waals surface area contributed by atoms with Crippen molar-refractivity contribution >= 4 is 40.2 Å². The average Bonchev–Trinajstić information content (AvgIpc) is 2.43. The van der Waals surface area contributed by atoms with Gasteiger partial charge in [-0.1, -0.05) is 17.8 Å². The summed E-state index contributed by atoms with van der Waals surface area (Å²) in [5.74, 6) is 0.0506. The highest BCUT2D eigenvalue weighted by Crippen LogP contribution is 2.21.